The lowest BCUT2D eigenvalue weighted by Crippen LogP contribution is -1.91. The second kappa shape index (κ2) is 5.52. The number of anilines is 1. The molecule has 3 aromatic rings. The Morgan fingerprint density at radius 3 is 2.10 bits per heavy atom. The van der Waals surface area contributed by atoms with Gasteiger partial charge in [0.05, 0.1) is 11.6 Å². The second-order valence-corrected chi connectivity index (χ2v) is 4.83. The Morgan fingerprint density at radius 1 is 0.714 bits per heavy atom. The smallest absolute Gasteiger partial charge is 0.0998 e. The van der Waals surface area contributed by atoms with Crippen LogP contribution < -0.4 is 5.73 Å². The van der Waals surface area contributed by atoms with Gasteiger partial charge in [0.1, 0.15) is 0 Å². The van der Waals surface area contributed by atoms with Crippen LogP contribution in [0, 0.1) is 11.3 Å². The summed E-state index contributed by atoms with van der Waals surface area (Å²) in [5, 5.41) is 9.36. The van der Waals surface area contributed by atoms with E-state index in [1.165, 1.54) is 0 Å². The summed E-state index contributed by atoms with van der Waals surface area (Å²) in [4.78, 5) is 0. The molecule has 3 rings (SSSR count). The fraction of sp³-hybridized carbons (Fsp3) is 0. The second-order valence-electron chi connectivity index (χ2n) is 4.83. The van der Waals surface area contributed by atoms with Gasteiger partial charge in [-0.15, -0.1) is 0 Å². The molecule has 2 nitrogen and oxygen atoms in total. The van der Waals surface area contributed by atoms with Crippen molar-refractivity contribution in [2.24, 2.45) is 0 Å². The molecular weight excluding hydrogens is 256 g/mol. The normalized spacial score (nSPS) is 10.0. The predicted octanol–water partition coefficient (Wildman–Crippen LogP) is 4.47. The molecule has 0 fully saturated rings. The van der Waals surface area contributed by atoms with E-state index in [1.54, 1.807) is 6.07 Å². The van der Waals surface area contributed by atoms with Gasteiger partial charge in [0.2, 0.25) is 0 Å². The van der Waals surface area contributed by atoms with E-state index in [2.05, 4.69) is 24.3 Å². The Kier molecular flexibility index (Phi) is 3.41. The third kappa shape index (κ3) is 2.50. The van der Waals surface area contributed by atoms with Crippen LogP contribution in [0.5, 0.6) is 0 Å². The first-order valence-corrected chi connectivity index (χ1v) is 6.74. The number of nitrogens with zero attached hydrogens (tertiary/aromatic N) is 1. The Hall–Kier alpha value is -3.05. The van der Waals surface area contributed by atoms with Crippen molar-refractivity contribution in [3.63, 3.8) is 0 Å². The molecule has 0 amide bonds. The Bertz CT molecular complexity index is 814. The van der Waals surface area contributed by atoms with Crippen molar-refractivity contribution in [3.8, 4) is 28.3 Å². The van der Waals surface area contributed by atoms with Gasteiger partial charge in [0.25, 0.3) is 0 Å². The quantitative estimate of drug-likeness (QED) is 0.698. The number of hydrogen-bond donors (Lipinski definition) is 1. The number of nitriles is 1. The fourth-order valence-corrected chi connectivity index (χ4v) is 2.48. The topological polar surface area (TPSA) is 49.8 Å². The van der Waals surface area contributed by atoms with Crippen molar-refractivity contribution >= 4 is 5.69 Å². The van der Waals surface area contributed by atoms with Crippen LogP contribution in [0.15, 0.2) is 72.8 Å². The molecular formula is C19H14N2. The van der Waals surface area contributed by atoms with E-state index in [1.807, 2.05) is 48.5 Å². The van der Waals surface area contributed by atoms with Gasteiger partial charge in [-0.3, -0.25) is 0 Å². The highest BCUT2D eigenvalue weighted by atomic mass is 14.5. The first-order chi connectivity index (χ1) is 10.3. The van der Waals surface area contributed by atoms with Crippen molar-refractivity contribution in [1.29, 1.82) is 5.26 Å². The van der Waals surface area contributed by atoms with E-state index in [9.17, 15) is 5.26 Å². The van der Waals surface area contributed by atoms with Crippen LogP contribution in [0.3, 0.4) is 0 Å². The third-order valence-electron chi connectivity index (χ3n) is 3.47. The highest BCUT2D eigenvalue weighted by molar-refractivity contribution is 5.86. The SMILES string of the molecule is N#Cc1cc(N)ccc1-c1ccccc1-c1ccccc1. The van der Waals surface area contributed by atoms with E-state index in [0.29, 0.717) is 11.3 Å². The zero-order valence-electron chi connectivity index (χ0n) is 11.5. The first kappa shape index (κ1) is 13.0. The van der Waals surface area contributed by atoms with Gasteiger partial charge < -0.3 is 5.73 Å². The van der Waals surface area contributed by atoms with Gasteiger partial charge in [0.15, 0.2) is 0 Å². The minimum Gasteiger partial charge on any atom is -0.399 e. The summed E-state index contributed by atoms with van der Waals surface area (Å²) in [5.74, 6) is 0. The molecule has 2 heteroatoms. The molecule has 0 heterocycles. The number of nitrogens with two attached hydrogens (primary N) is 1. The zero-order chi connectivity index (χ0) is 14.7. The number of benzene rings is 3. The van der Waals surface area contributed by atoms with Crippen LogP contribution in [0.25, 0.3) is 22.3 Å². The number of nitrogen functional groups attached to an aromatic ring is 1. The molecule has 0 bridgehead atoms. The van der Waals surface area contributed by atoms with E-state index in [-0.39, 0.29) is 0 Å². The fourth-order valence-electron chi connectivity index (χ4n) is 2.48. The van der Waals surface area contributed by atoms with Gasteiger partial charge in [-0.2, -0.15) is 5.26 Å². The average Bonchev–Trinajstić information content (AvgIpc) is 2.55. The molecule has 0 aromatic heterocycles. The Labute approximate surface area is 124 Å². The predicted molar refractivity (Wildman–Crippen MR) is 86.4 cm³/mol. The summed E-state index contributed by atoms with van der Waals surface area (Å²) in [7, 11) is 0. The summed E-state index contributed by atoms with van der Waals surface area (Å²) in [6.45, 7) is 0. The van der Waals surface area contributed by atoms with E-state index < -0.39 is 0 Å². The van der Waals surface area contributed by atoms with Crippen molar-refractivity contribution in [2.75, 3.05) is 5.73 Å². The van der Waals surface area contributed by atoms with Crippen LogP contribution in [0.1, 0.15) is 5.56 Å². The standard InChI is InChI=1S/C19H14N2/c20-13-15-12-16(21)10-11-18(15)19-9-5-4-8-17(19)14-6-2-1-3-7-14/h1-12H,21H2. The third-order valence-corrected chi connectivity index (χ3v) is 3.47. The molecule has 100 valence electrons. The van der Waals surface area contributed by atoms with Crippen molar-refractivity contribution in [2.45, 2.75) is 0 Å². The van der Waals surface area contributed by atoms with E-state index in [4.69, 9.17) is 5.73 Å². The van der Waals surface area contributed by atoms with Gasteiger partial charge in [0, 0.05) is 11.3 Å². The summed E-state index contributed by atoms with van der Waals surface area (Å²) < 4.78 is 0. The summed E-state index contributed by atoms with van der Waals surface area (Å²) >= 11 is 0. The maximum Gasteiger partial charge on any atom is 0.0998 e. The summed E-state index contributed by atoms with van der Waals surface area (Å²) in [5.41, 5.74) is 11.2. The Balaban J connectivity index is 2.24. The molecule has 0 unspecified atom stereocenters. The zero-order valence-corrected chi connectivity index (χ0v) is 11.5. The van der Waals surface area contributed by atoms with Crippen LogP contribution in [0.4, 0.5) is 5.69 Å². The van der Waals surface area contributed by atoms with Gasteiger partial charge in [-0.25, -0.2) is 0 Å². The summed E-state index contributed by atoms with van der Waals surface area (Å²) in [6, 6.07) is 26.0. The van der Waals surface area contributed by atoms with Crippen molar-refractivity contribution in [1.82, 2.24) is 0 Å². The lowest BCUT2D eigenvalue weighted by atomic mass is 9.92. The number of rotatable bonds is 2. The molecule has 0 spiro atoms. The molecule has 3 aromatic carbocycles. The largest absolute Gasteiger partial charge is 0.399 e. The molecule has 0 aliphatic rings. The average molecular weight is 270 g/mol. The number of hydrogen-bond acceptors (Lipinski definition) is 2. The molecule has 21 heavy (non-hydrogen) atoms. The first-order valence-electron chi connectivity index (χ1n) is 6.74. The molecule has 0 saturated carbocycles. The van der Waals surface area contributed by atoms with E-state index >= 15 is 0 Å². The van der Waals surface area contributed by atoms with Gasteiger partial charge in [-0.05, 0) is 28.8 Å². The van der Waals surface area contributed by atoms with Gasteiger partial charge in [-0.1, -0.05) is 60.7 Å². The van der Waals surface area contributed by atoms with Crippen molar-refractivity contribution < 1.29 is 0 Å². The highest BCUT2D eigenvalue weighted by Crippen LogP contribution is 2.34. The maximum absolute atomic E-state index is 9.36. The van der Waals surface area contributed by atoms with Crippen LogP contribution in [0.2, 0.25) is 0 Å². The van der Waals surface area contributed by atoms with E-state index in [0.717, 1.165) is 22.3 Å². The lowest BCUT2D eigenvalue weighted by molar-refractivity contribution is 1.47. The molecule has 0 aliphatic heterocycles. The minimum atomic E-state index is 0.596. The monoisotopic (exact) mass is 270 g/mol. The van der Waals surface area contributed by atoms with Crippen LogP contribution >= 0.6 is 0 Å². The maximum atomic E-state index is 9.36. The van der Waals surface area contributed by atoms with Gasteiger partial charge >= 0.3 is 0 Å². The minimum absolute atomic E-state index is 0.596. The molecule has 0 saturated heterocycles. The lowest BCUT2D eigenvalue weighted by Gasteiger charge is -2.11. The highest BCUT2D eigenvalue weighted by Gasteiger charge is 2.10. The van der Waals surface area contributed by atoms with Crippen molar-refractivity contribution in [3.05, 3.63) is 78.4 Å². The molecule has 2 N–H and O–H groups in total. The molecule has 0 aliphatic carbocycles. The molecule has 0 radical (unpaired) electrons. The Morgan fingerprint density at radius 2 is 1.38 bits per heavy atom. The van der Waals surface area contributed by atoms with Crippen LogP contribution in [-0.4, -0.2) is 0 Å². The molecule has 0 atom stereocenters. The summed E-state index contributed by atoms with van der Waals surface area (Å²) in [6.07, 6.45) is 0. The van der Waals surface area contributed by atoms with Crippen LogP contribution in [-0.2, 0) is 0 Å².